The lowest BCUT2D eigenvalue weighted by Gasteiger charge is -2.08. The van der Waals surface area contributed by atoms with Gasteiger partial charge in [0.2, 0.25) is 6.29 Å². The van der Waals surface area contributed by atoms with Gasteiger partial charge in [-0.05, 0) is 6.42 Å². The topological polar surface area (TPSA) is 66.8 Å². The number of hydrogen-bond donors (Lipinski definition) is 2. The molecule has 0 heterocycles. The summed E-state index contributed by atoms with van der Waals surface area (Å²) in [6, 6.07) is 0. The van der Waals surface area contributed by atoms with Gasteiger partial charge in [0.1, 0.15) is 6.61 Å². The Kier molecular flexibility index (Phi) is 12.4. The first-order valence-corrected chi connectivity index (χ1v) is 7.19. The van der Waals surface area contributed by atoms with Crippen LogP contribution < -0.4 is 0 Å². The molecule has 0 saturated carbocycles. The number of aliphatic hydroxyl groups is 2. The zero-order chi connectivity index (χ0) is 13.6. The lowest BCUT2D eigenvalue weighted by atomic mass is 10.1. The number of esters is 1. The number of rotatable bonds is 12. The SMILES string of the molecule is CCCCCCCCCCCC(=O)OC(O)CO. The zero-order valence-corrected chi connectivity index (χ0v) is 11.6. The van der Waals surface area contributed by atoms with Crippen LogP contribution in [-0.4, -0.2) is 29.1 Å². The Balaban J connectivity index is 3.17. The highest BCUT2D eigenvalue weighted by atomic mass is 16.6. The molecule has 0 aliphatic carbocycles. The molecule has 18 heavy (non-hydrogen) atoms. The monoisotopic (exact) mass is 260 g/mol. The fourth-order valence-electron chi connectivity index (χ4n) is 1.83. The molecular weight excluding hydrogens is 232 g/mol. The van der Waals surface area contributed by atoms with Gasteiger partial charge in [0.15, 0.2) is 0 Å². The van der Waals surface area contributed by atoms with Crippen LogP contribution in [0.15, 0.2) is 0 Å². The van der Waals surface area contributed by atoms with Crippen LogP contribution in [0.4, 0.5) is 0 Å². The highest BCUT2D eigenvalue weighted by Crippen LogP contribution is 2.10. The fourth-order valence-corrected chi connectivity index (χ4v) is 1.83. The Morgan fingerprint density at radius 2 is 1.50 bits per heavy atom. The van der Waals surface area contributed by atoms with Gasteiger partial charge in [-0.25, -0.2) is 0 Å². The molecule has 0 aromatic rings. The van der Waals surface area contributed by atoms with Crippen molar-refractivity contribution in [2.45, 2.75) is 77.4 Å². The maximum Gasteiger partial charge on any atom is 0.308 e. The lowest BCUT2D eigenvalue weighted by molar-refractivity contribution is -0.173. The van der Waals surface area contributed by atoms with Crippen molar-refractivity contribution in [3.8, 4) is 0 Å². The number of aliphatic hydroxyl groups excluding tert-OH is 2. The van der Waals surface area contributed by atoms with Crippen molar-refractivity contribution in [3.05, 3.63) is 0 Å². The Bertz CT molecular complexity index is 194. The molecule has 4 heteroatoms. The predicted molar refractivity (Wildman–Crippen MR) is 71.0 cm³/mol. The Morgan fingerprint density at radius 1 is 1.00 bits per heavy atom. The van der Waals surface area contributed by atoms with E-state index in [1.165, 1.54) is 38.5 Å². The van der Waals surface area contributed by atoms with E-state index in [0.29, 0.717) is 6.42 Å². The van der Waals surface area contributed by atoms with E-state index in [1.807, 2.05) is 0 Å². The van der Waals surface area contributed by atoms with Crippen LogP contribution in [0, 0.1) is 0 Å². The van der Waals surface area contributed by atoms with Crippen molar-refractivity contribution >= 4 is 5.97 Å². The second kappa shape index (κ2) is 12.8. The van der Waals surface area contributed by atoms with Crippen molar-refractivity contribution in [2.75, 3.05) is 6.61 Å². The average molecular weight is 260 g/mol. The van der Waals surface area contributed by atoms with Crippen LogP contribution in [-0.2, 0) is 9.53 Å². The summed E-state index contributed by atoms with van der Waals surface area (Å²) in [6.45, 7) is 1.68. The second-order valence-corrected chi connectivity index (χ2v) is 4.71. The molecule has 2 N–H and O–H groups in total. The molecule has 0 rings (SSSR count). The molecular formula is C14H28O4. The zero-order valence-electron chi connectivity index (χ0n) is 11.6. The molecule has 1 atom stereocenters. The van der Waals surface area contributed by atoms with Gasteiger partial charge in [0.05, 0.1) is 0 Å². The minimum atomic E-state index is -1.36. The van der Waals surface area contributed by atoms with Gasteiger partial charge in [-0.15, -0.1) is 0 Å². The first-order chi connectivity index (χ1) is 8.70. The Morgan fingerprint density at radius 3 is 2.00 bits per heavy atom. The summed E-state index contributed by atoms with van der Waals surface area (Å²) in [6.07, 6.45) is 9.72. The van der Waals surface area contributed by atoms with Gasteiger partial charge in [-0.3, -0.25) is 4.79 Å². The molecule has 0 amide bonds. The summed E-state index contributed by atoms with van der Waals surface area (Å²) in [7, 11) is 0. The quantitative estimate of drug-likeness (QED) is 0.322. The van der Waals surface area contributed by atoms with E-state index in [2.05, 4.69) is 11.7 Å². The van der Waals surface area contributed by atoms with E-state index in [0.717, 1.165) is 19.3 Å². The largest absolute Gasteiger partial charge is 0.433 e. The molecule has 0 aromatic heterocycles. The minimum Gasteiger partial charge on any atom is -0.433 e. The summed E-state index contributed by atoms with van der Waals surface area (Å²) in [5.74, 6) is -0.431. The lowest BCUT2D eigenvalue weighted by Crippen LogP contribution is -2.20. The van der Waals surface area contributed by atoms with Gasteiger partial charge < -0.3 is 14.9 Å². The van der Waals surface area contributed by atoms with Gasteiger partial charge >= 0.3 is 5.97 Å². The van der Waals surface area contributed by atoms with Crippen LogP contribution in [0.3, 0.4) is 0 Å². The van der Waals surface area contributed by atoms with Crippen molar-refractivity contribution in [1.29, 1.82) is 0 Å². The molecule has 0 bridgehead atoms. The standard InChI is InChI=1S/C14H28O4/c1-2-3-4-5-6-7-8-9-10-11-13(16)18-14(17)12-15/h14-15,17H,2-12H2,1H3. The van der Waals surface area contributed by atoms with Crippen LogP contribution in [0.25, 0.3) is 0 Å². The molecule has 0 aliphatic heterocycles. The van der Waals surface area contributed by atoms with E-state index in [-0.39, 0.29) is 0 Å². The number of unbranched alkanes of at least 4 members (excludes halogenated alkanes) is 8. The van der Waals surface area contributed by atoms with Crippen LogP contribution in [0.2, 0.25) is 0 Å². The minimum absolute atomic E-state index is 0.326. The van der Waals surface area contributed by atoms with Gasteiger partial charge in [0, 0.05) is 6.42 Å². The van der Waals surface area contributed by atoms with Crippen LogP contribution >= 0.6 is 0 Å². The van der Waals surface area contributed by atoms with E-state index in [9.17, 15) is 4.79 Å². The van der Waals surface area contributed by atoms with Crippen molar-refractivity contribution in [1.82, 2.24) is 0 Å². The molecule has 108 valence electrons. The highest BCUT2D eigenvalue weighted by Gasteiger charge is 2.08. The molecule has 0 saturated heterocycles. The summed E-state index contributed by atoms with van der Waals surface area (Å²) >= 11 is 0. The maximum atomic E-state index is 11.1. The normalized spacial score (nSPS) is 12.4. The van der Waals surface area contributed by atoms with Gasteiger partial charge in [0.25, 0.3) is 0 Å². The van der Waals surface area contributed by atoms with E-state index in [1.54, 1.807) is 0 Å². The third kappa shape index (κ3) is 11.9. The van der Waals surface area contributed by atoms with Crippen molar-refractivity contribution in [3.63, 3.8) is 0 Å². The summed E-state index contributed by atoms with van der Waals surface area (Å²) < 4.78 is 4.54. The molecule has 0 spiro atoms. The third-order valence-electron chi connectivity index (χ3n) is 2.91. The Hall–Kier alpha value is -0.610. The molecule has 0 aliphatic rings. The first-order valence-electron chi connectivity index (χ1n) is 7.19. The summed E-state index contributed by atoms with van der Waals surface area (Å²) in [5.41, 5.74) is 0. The van der Waals surface area contributed by atoms with E-state index < -0.39 is 18.9 Å². The molecule has 0 aromatic carbocycles. The molecule has 0 radical (unpaired) electrons. The fraction of sp³-hybridized carbons (Fsp3) is 0.929. The predicted octanol–water partition coefficient (Wildman–Crippen LogP) is 2.76. The smallest absolute Gasteiger partial charge is 0.308 e. The number of carbonyl (C=O) groups is 1. The van der Waals surface area contributed by atoms with E-state index in [4.69, 9.17) is 10.2 Å². The number of hydrogen-bond acceptors (Lipinski definition) is 4. The van der Waals surface area contributed by atoms with Crippen LogP contribution in [0.5, 0.6) is 0 Å². The van der Waals surface area contributed by atoms with Crippen molar-refractivity contribution < 1.29 is 19.7 Å². The summed E-state index contributed by atoms with van der Waals surface area (Å²) in [4.78, 5) is 11.1. The third-order valence-corrected chi connectivity index (χ3v) is 2.91. The maximum absolute atomic E-state index is 11.1. The number of carbonyl (C=O) groups excluding carboxylic acids is 1. The van der Waals surface area contributed by atoms with E-state index >= 15 is 0 Å². The van der Waals surface area contributed by atoms with Crippen LogP contribution in [0.1, 0.15) is 71.1 Å². The van der Waals surface area contributed by atoms with Gasteiger partial charge in [-0.2, -0.15) is 0 Å². The Labute approximate surface area is 110 Å². The van der Waals surface area contributed by atoms with Gasteiger partial charge in [-0.1, -0.05) is 58.3 Å². The average Bonchev–Trinajstić information content (AvgIpc) is 2.36. The summed E-state index contributed by atoms with van der Waals surface area (Å²) in [5, 5.41) is 17.4. The molecule has 1 unspecified atom stereocenters. The highest BCUT2D eigenvalue weighted by molar-refractivity contribution is 5.69. The molecule has 4 nitrogen and oxygen atoms in total. The number of ether oxygens (including phenoxy) is 1. The first kappa shape index (κ1) is 17.4. The van der Waals surface area contributed by atoms with Crippen molar-refractivity contribution in [2.24, 2.45) is 0 Å². The second-order valence-electron chi connectivity index (χ2n) is 4.71. The molecule has 0 fully saturated rings.